The monoisotopic (exact) mass is 276 g/mol. The molecule has 2 atom stereocenters. The molecule has 0 spiro atoms. The molecule has 2 unspecified atom stereocenters. The van der Waals surface area contributed by atoms with Gasteiger partial charge >= 0.3 is 0 Å². The molecule has 0 aromatic heterocycles. The fourth-order valence-corrected chi connectivity index (χ4v) is 2.49. The van der Waals surface area contributed by atoms with Crippen LogP contribution in [0.3, 0.4) is 0 Å². The Morgan fingerprint density at radius 1 is 1.25 bits per heavy atom. The summed E-state index contributed by atoms with van der Waals surface area (Å²) in [5, 5.41) is 15.2. The van der Waals surface area contributed by atoms with Gasteiger partial charge in [-0.15, -0.1) is 0 Å². The van der Waals surface area contributed by atoms with Crippen LogP contribution in [-0.2, 0) is 4.79 Å². The van der Waals surface area contributed by atoms with Gasteiger partial charge in [0.15, 0.2) is 0 Å². The Morgan fingerprint density at radius 2 is 1.95 bits per heavy atom. The highest BCUT2D eigenvalue weighted by Gasteiger charge is 2.25. The number of carbonyl (C=O) groups is 2. The van der Waals surface area contributed by atoms with Crippen molar-refractivity contribution in [3.63, 3.8) is 0 Å². The lowest BCUT2D eigenvalue weighted by Crippen LogP contribution is -2.32. The summed E-state index contributed by atoms with van der Waals surface area (Å²) < 4.78 is 0. The summed E-state index contributed by atoms with van der Waals surface area (Å²) in [7, 11) is 0. The van der Waals surface area contributed by atoms with E-state index in [0.717, 1.165) is 19.3 Å². The van der Waals surface area contributed by atoms with Crippen LogP contribution in [-0.4, -0.2) is 29.6 Å². The van der Waals surface area contributed by atoms with E-state index < -0.39 is 0 Å². The number of anilines is 1. The van der Waals surface area contributed by atoms with Crippen molar-refractivity contribution in [2.75, 3.05) is 11.9 Å². The second-order valence-corrected chi connectivity index (χ2v) is 5.23. The van der Waals surface area contributed by atoms with E-state index in [1.807, 2.05) is 0 Å². The van der Waals surface area contributed by atoms with E-state index in [-0.39, 0.29) is 23.8 Å². The number of benzene rings is 1. The lowest BCUT2D eigenvalue weighted by Gasteiger charge is -2.15. The van der Waals surface area contributed by atoms with E-state index in [4.69, 9.17) is 0 Å². The number of aliphatic hydroxyl groups is 1. The highest BCUT2D eigenvalue weighted by Crippen LogP contribution is 2.24. The molecule has 1 aliphatic rings. The van der Waals surface area contributed by atoms with E-state index in [0.29, 0.717) is 17.8 Å². The van der Waals surface area contributed by atoms with Crippen LogP contribution in [0, 0.1) is 5.92 Å². The van der Waals surface area contributed by atoms with Gasteiger partial charge in [0.05, 0.1) is 6.10 Å². The minimum Gasteiger partial charge on any atom is -0.393 e. The number of carbonyl (C=O) groups excluding carboxylic acids is 2. The van der Waals surface area contributed by atoms with Crippen LogP contribution in [0.2, 0.25) is 0 Å². The van der Waals surface area contributed by atoms with E-state index >= 15 is 0 Å². The van der Waals surface area contributed by atoms with Gasteiger partial charge in [0.1, 0.15) is 0 Å². The fourth-order valence-electron chi connectivity index (χ4n) is 2.49. The fraction of sp³-hybridized carbons (Fsp3) is 0.467. The van der Waals surface area contributed by atoms with Crippen molar-refractivity contribution in [1.29, 1.82) is 0 Å². The molecule has 1 aliphatic carbocycles. The quantitative estimate of drug-likeness (QED) is 0.780. The number of nitrogens with one attached hydrogen (secondary N) is 2. The number of hydrogen-bond donors (Lipinski definition) is 3. The van der Waals surface area contributed by atoms with Gasteiger partial charge in [0.2, 0.25) is 5.91 Å². The molecule has 0 bridgehead atoms. The minimum absolute atomic E-state index is 0.141. The normalized spacial score (nSPS) is 21.5. The average Bonchev–Trinajstić information content (AvgIpc) is 2.82. The SMILES string of the molecule is CC(=O)Nc1ccc(C(=O)NCC2CCCC2O)cc1. The second kappa shape index (κ2) is 6.52. The van der Waals surface area contributed by atoms with E-state index in [1.54, 1.807) is 24.3 Å². The summed E-state index contributed by atoms with van der Waals surface area (Å²) in [4.78, 5) is 22.9. The van der Waals surface area contributed by atoms with Crippen LogP contribution in [0.15, 0.2) is 24.3 Å². The summed E-state index contributed by atoms with van der Waals surface area (Å²) in [5.41, 5.74) is 1.21. The third-order valence-electron chi connectivity index (χ3n) is 3.61. The van der Waals surface area contributed by atoms with Crippen molar-refractivity contribution in [3.05, 3.63) is 29.8 Å². The van der Waals surface area contributed by atoms with Gasteiger partial charge in [0, 0.05) is 30.6 Å². The summed E-state index contributed by atoms with van der Waals surface area (Å²) in [6.07, 6.45) is 2.51. The Labute approximate surface area is 118 Å². The second-order valence-electron chi connectivity index (χ2n) is 5.23. The van der Waals surface area contributed by atoms with Gasteiger partial charge < -0.3 is 15.7 Å². The number of hydrogen-bond acceptors (Lipinski definition) is 3. The average molecular weight is 276 g/mol. The number of aliphatic hydroxyl groups excluding tert-OH is 1. The largest absolute Gasteiger partial charge is 0.393 e. The molecule has 0 saturated heterocycles. The third-order valence-corrected chi connectivity index (χ3v) is 3.61. The van der Waals surface area contributed by atoms with Crippen LogP contribution < -0.4 is 10.6 Å². The van der Waals surface area contributed by atoms with Crippen molar-refractivity contribution >= 4 is 17.5 Å². The van der Waals surface area contributed by atoms with E-state index in [9.17, 15) is 14.7 Å². The molecule has 5 nitrogen and oxygen atoms in total. The Kier molecular flexibility index (Phi) is 4.74. The zero-order valence-electron chi connectivity index (χ0n) is 11.6. The summed E-state index contributed by atoms with van der Waals surface area (Å²) in [6.45, 7) is 1.95. The zero-order chi connectivity index (χ0) is 14.5. The molecule has 108 valence electrons. The molecule has 1 aromatic carbocycles. The lowest BCUT2D eigenvalue weighted by molar-refractivity contribution is -0.114. The predicted octanol–water partition coefficient (Wildman–Crippen LogP) is 1.54. The van der Waals surface area contributed by atoms with Crippen molar-refractivity contribution in [2.24, 2.45) is 5.92 Å². The minimum atomic E-state index is -0.294. The lowest BCUT2D eigenvalue weighted by atomic mass is 10.1. The van der Waals surface area contributed by atoms with Gasteiger partial charge in [-0.25, -0.2) is 0 Å². The van der Waals surface area contributed by atoms with E-state index in [1.165, 1.54) is 6.92 Å². The molecule has 0 radical (unpaired) electrons. The first kappa shape index (κ1) is 14.5. The van der Waals surface area contributed by atoms with Crippen molar-refractivity contribution in [2.45, 2.75) is 32.3 Å². The first-order valence-corrected chi connectivity index (χ1v) is 6.90. The molecule has 20 heavy (non-hydrogen) atoms. The number of rotatable bonds is 4. The van der Waals surface area contributed by atoms with Crippen LogP contribution in [0.25, 0.3) is 0 Å². The zero-order valence-corrected chi connectivity index (χ0v) is 11.6. The topological polar surface area (TPSA) is 78.4 Å². The molecule has 0 heterocycles. The molecule has 2 amide bonds. The molecule has 3 N–H and O–H groups in total. The van der Waals surface area contributed by atoms with Gasteiger partial charge in [-0.3, -0.25) is 9.59 Å². The first-order valence-electron chi connectivity index (χ1n) is 6.90. The van der Waals surface area contributed by atoms with Gasteiger partial charge in [-0.2, -0.15) is 0 Å². The Morgan fingerprint density at radius 3 is 2.50 bits per heavy atom. The maximum atomic E-state index is 12.0. The summed E-state index contributed by atoms with van der Waals surface area (Å²) in [5.74, 6) is -0.131. The summed E-state index contributed by atoms with van der Waals surface area (Å²) >= 11 is 0. The highest BCUT2D eigenvalue weighted by molar-refractivity contribution is 5.95. The molecule has 1 saturated carbocycles. The van der Waals surface area contributed by atoms with Crippen LogP contribution in [0.4, 0.5) is 5.69 Å². The molecular formula is C15H20N2O3. The molecule has 2 rings (SSSR count). The highest BCUT2D eigenvalue weighted by atomic mass is 16.3. The Hall–Kier alpha value is -1.88. The Balaban J connectivity index is 1.87. The van der Waals surface area contributed by atoms with Crippen LogP contribution >= 0.6 is 0 Å². The van der Waals surface area contributed by atoms with Gasteiger partial charge in [0.25, 0.3) is 5.91 Å². The standard InChI is InChI=1S/C15H20N2O3/c1-10(18)17-13-7-5-11(6-8-13)15(20)16-9-12-3-2-4-14(12)19/h5-8,12,14,19H,2-4,9H2,1H3,(H,16,20)(H,17,18). The maximum Gasteiger partial charge on any atom is 0.251 e. The molecule has 1 aromatic rings. The predicted molar refractivity (Wildman–Crippen MR) is 76.4 cm³/mol. The smallest absolute Gasteiger partial charge is 0.251 e. The molecule has 0 aliphatic heterocycles. The third kappa shape index (κ3) is 3.81. The number of amides is 2. The Bertz CT molecular complexity index is 484. The first-order chi connectivity index (χ1) is 9.56. The van der Waals surface area contributed by atoms with E-state index in [2.05, 4.69) is 10.6 Å². The summed E-state index contributed by atoms with van der Waals surface area (Å²) in [6, 6.07) is 6.73. The van der Waals surface area contributed by atoms with Gasteiger partial charge in [-0.05, 0) is 37.1 Å². The maximum absolute atomic E-state index is 12.0. The molecule has 1 fully saturated rings. The van der Waals surface area contributed by atoms with Crippen molar-refractivity contribution < 1.29 is 14.7 Å². The van der Waals surface area contributed by atoms with Gasteiger partial charge in [-0.1, -0.05) is 6.42 Å². The van der Waals surface area contributed by atoms with Crippen LogP contribution in [0.1, 0.15) is 36.5 Å². The van der Waals surface area contributed by atoms with Crippen molar-refractivity contribution in [1.82, 2.24) is 5.32 Å². The molecular weight excluding hydrogens is 256 g/mol. The van der Waals surface area contributed by atoms with Crippen LogP contribution in [0.5, 0.6) is 0 Å². The van der Waals surface area contributed by atoms with Crippen molar-refractivity contribution in [3.8, 4) is 0 Å². The molecule has 5 heteroatoms.